The van der Waals surface area contributed by atoms with Gasteiger partial charge in [0.05, 0.1) is 23.3 Å². The van der Waals surface area contributed by atoms with Crippen LogP contribution in [-0.2, 0) is 15.4 Å². The minimum atomic E-state index is -3.84. The van der Waals surface area contributed by atoms with E-state index in [0.717, 1.165) is 31.4 Å². The number of ether oxygens (including phenoxy) is 1. The largest absolute Gasteiger partial charge is 0.497 e. The van der Waals surface area contributed by atoms with Crippen LogP contribution in [0.25, 0.3) is 0 Å². The van der Waals surface area contributed by atoms with Gasteiger partial charge in [-0.25, -0.2) is 13.6 Å². The van der Waals surface area contributed by atoms with Crippen LogP contribution in [0.4, 0.5) is 5.69 Å². The minimum absolute atomic E-state index is 0.0418. The Morgan fingerprint density at radius 1 is 1.22 bits per heavy atom. The van der Waals surface area contributed by atoms with Crippen LogP contribution in [0, 0.1) is 11.3 Å². The molecule has 7 heteroatoms. The standard InChI is InChI=1S/C20H23N3O3S/c1-26-17-6-4-5-16(12-17)20(9-2-3-10-20)14-23-19-8-7-18(27(22,24)25)11-15(19)13-21/h4-8,11-12,23H,2-3,9-10,14H2,1H3,(H2,22,24,25). The molecular weight excluding hydrogens is 362 g/mol. The molecule has 0 heterocycles. The van der Waals surface area contributed by atoms with E-state index in [1.165, 1.54) is 17.7 Å². The predicted molar refractivity (Wildman–Crippen MR) is 104 cm³/mol. The third kappa shape index (κ3) is 4.07. The SMILES string of the molecule is COc1cccc(C2(CNc3ccc(S(N)(=O)=O)cc3C#N)CCCC2)c1. The van der Waals surface area contributed by atoms with E-state index in [4.69, 9.17) is 9.88 Å². The number of nitrogens with one attached hydrogen (secondary N) is 1. The first kappa shape index (κ1) is 19.2. The lowest BCUT2D eigenvalue weighted by molar-refractivity contribution is 0.409. The molecule has 1 saturated carbocycles. The van der Waals surface area contributed by atoms with Gasteiger partial charge in [-0.1, -0.05) is 25.0 Å². The molecule has 1 fully saturated rings. The van der Waals surface area contributed by atoms with Gasteiger partial charge in [0.2, 0.25) is 10.0 Å². The Morgan fingerprint density at radius 2 is 1.96 bits per heavy atom. The summed E-state index contributed by atoms with van der Waals surface area (Å²) in [5.74, 6) is 0.828. The first-order valence-electron chi connectivity index (χ1n) is 8.83. The number of benzene rings is 2. The van der Waals surface area contributed by atoms with Gasteiger partial charge in [0.15, 0.2) is 0 Å². The molecule has 0 aliphatic heterocycles. The van der Waals surface area contributed by atoms with E-state index >= 15 is 0 Å². The number of hydrogen-bond donors (Lipinski definition) is 2. The Bertz CT molecular complexity index is 974. The fraction of sp³-hybridized carbons (Fsp3) is 0.350. The minimum Gasteiger partial charge on any atom is -0.497 e. The molecule has 0 saturated heterocycles. The zero-order chi connectivity index (χ0) is 19.5. The molecule has 0 radical (unpaired) electrons. The van der Waals surface area contributed by atoms with Gasteiger partial charge in [-0.3, -0.25) is 0 Å². The lowest BCUT2D eigenvalue weighted by Crippen LogP contribution is -2.31. The first-order valence-corrected chi connectivity index (χ1v) is 10.4. The van der Waals surface area contributed by atoms with E-state index in [9.17, 15) is 13.7 Å². The zero-order valence-electron chi connectivity index (χ0n) is 15.2. The number of hydrogen-bond acceptors (Lipinski definition) is 5. The van der Waals surface area contributed by atoms with E-state index in [2.05, 4.69) is 23.5 Å². The van der Waals surface area contributed by atoms with Crippen molar-refractivity contribution in [2.45, 2.75) is 36.0 Å². The Labute approximate surface area is 160 Å². The van der Waals surface area contributed by atoms with Gasteiger partial charge in [-0.05, 0) is 48.7 Å². The molecule has 3 rings (SSSR count). The fourth-order valence-electron chi connectivity index (χ4n) is 3.78. The van der Waals surface area contributed by atoms with Gasteiger partial charge in [0.1, 0.15) is 11.8 Å². The first-order chi connectivity index (χ1) is 12.9. The average Bonchev–Trinajstić information content (AvgIpc) is 3.15. The van der Waals surface area contributed by atoms with Crippen molar-refractivity contribution in [2.24, 2.45) is 5.14 Å². The predicted octanol–water partition coefficient (Wildman–Crippen LogP) is 3.14. The molecule has 0 unspecified atom stereocenters. The highest BCUT2D eigenvalue weighted by Gasteiger charge is 2.35. The van der Waals surface area contributed by atoms with Crippen molar-refractivity contribution in [1.29, 1.82) is 5.26 Å². The highest BCUT2D eigenvalue weighted by atomic mass is 32.2. The summed E-state index contributed by atoms with van der Waals surface area (Å²) in [6, 6.07) is 14.5. The fourth-order valence-corrected chi connectivity index (χ4v) is 4.32. The summed E-state index contributed by atoms with van der Waals surface area (Å²) >= 11 is 0. The summed E-state index contributed by atoms with van der Waals surface area (Å²) in [6.07, 6.45) is 4.39. The van der Waals surface area contributed by atoms with E-state index in [1.54, 1.807) is 13.2 Å². The Balaban J connectivity index is 1.88. The molecule has 27 heavy (non-hydrogen) atoms. The lowest BCUT2D eigenvalue weighted by Gasteiger charge is -2.31. The zero-order valence-corrected chi connectivity index (χ0v) is 16.1. The van der Waals surface area contributed by atoms with Gasteiger partial charge in [0, 0.05) is 12.0 Å². The van der Waals surface area contributed by atoms with Gasteiger partial charge in [0.25, 0.3) is 0 Å². The Hall–Kier alpha value is -2.56. The maximum absolute atomic E-state index is 11.5. The molecule has 0 spiro atoms. The molecule has 1 aliphatic carbocycles. The summed E-state index contributed by atoms with van der Waals surface area (Å²) in [5.41, 5.74) is 2.05. The van der Waals surface area contributed by atoms with Crippen LogP contribution >= 0.6 is 0 Å². The van der Waals surface area contributed by atoms with Crippen LogP contribution in [0.15, 0.2) is 47.4 Å². The molecule has 0 amide bonds. The second kappa shape index (κ2) is 7.59. The third-order valence-electron chi connectivity index (χ3n) is 5.30. The van der Waals surface area contributed by atoms with Crippen molar-refractivity contribution in [2.75, 3.05) is 19.0 Å². The molecular formula is C20H23N3O3S. The van der Waals surface area contributed by atoms with E-state index in [0.29, 0.717) is 12.2 Å². The van der Waals surface area contributed by atoms with Crippen LogP contribution in [-0.4, -0.2) is 22.1 Å². The van der Waals surface area contributed by atoms with Crippen LogP contribution in [0.5, 0.6) is 5.75 Å². The molecule has 6 nitrogen and oxygen atoms in total. The van der Waals surface area contributed by atoms with Crippen LogP contribution < -0.4 is 15.2 Å². The lowest BCUT2D eigenvalue weighted by atomic mass is 9.78. The monoisotopic (exact) mass is 385 g/mol. The summed E-state index contributed by atoms with van der Waals surface area (Å²) < 4.78 is 28.4. The van der Waals surface area contributed by atoms with Crippen molar-refractivity contribution in [1.82, 2.24) is 0 Å². The van der Waals surface area contributed by atoms with Gasteiger partial charge < -0.3 is 10.1 Å². The van der Waals surface area contributed by atoms with Crippen molar-refractivity contribution in [3.8, 4) is 11.8 Å². The maximum atomic E-state index is 11.5. The van der Waals surface area contributed by atoms with Crippen molar-refractivity contribution >= 4 is 15.7 Å². The maximum Gasteiger partial charge on any atom is 0.238 e. The molecule has 0 atom stereocenters. The third-order valence-corrected chi connectivity index (χ3v) is 6.21. The van der Waals surface area contributed by atoms with Crippen LogP contribution in [0.1, 0.15) is 36.8 Å². The Morgan fingerprint density at radius 3 is 2.59 bits per heavy atom. The molecule has 1 aliphatic rings. The number of sulfonamides is 1. The molecule has 142 valence electrons. The van der Waals surface area contributed by atoms with Crippen molar-refractivity contribution < 1.29 is 13.2 Å². The van der Waals surface area contributed by atoms with E-state index < -0.39 is 10.0 Å². The molecule has 2 aromatic carbocycles. The van der Waals surface area contributed by atoms with E-state index in [1.807, 2.05) is 12.1 Å². The van der Waals surface area contributed by atoms with Crippen molar-refractivity contribution in [3.05, 3.63) is 53.6 Å². The number of primary sulfonamides is 1. The smallest absolute Gasteiger partial charge is 0.238 e. The number of nitrogens with zero attached hydrogens (tertiary/aromatic N) is 1. The highest BCUT2D eigenvalue weighted by Crippen LogP contribution is 2.42. The summed E-state index contributed by atoms with van der Waals surface area (Å²) in [6.45, 7) is 0.656. The highest BCUT2D eigenvalue weighted by molar-refractivity contribution is 7.89. The molecule has 0 aromatic heterocycles. The number of anilines is 1. The number of nitrogens with two attached hydrogens (primary N) is 1. The van der Waals surface area contributed by atoms with Crippen LogP contribution in [0.3, 0.4) is 0 Å². The van der Waals surface area contributed by atoms with Crippen LogP contribution in [0.2, 0.25) is 0 Å². The number of rotatable bonds is 6. The topological polar surface area (TPSA) is 105 Å². The summed E-state index contributed by atoms with van der Waals surface area (Å²) in [5, 5.41) is 17.9. The molecule has 0 bridgehead atoms. The molecule has 2 aromatic rings. The number of nitriles is 1. The summed E-state index contributed by atoms with van der Waals surface area (Å²) in [4.78, 5) is -0.0621. The molecule has 3 N–H and O–H groups in total. The number of methoxy groups -OCH3 is 1. The second-order valence-corrected chi connectivity index (χ2v) is 8.50. The van der Waals surface area contributed by atoms with Gasteiger partial charge in [-0.2, -0.15) is 5.26 Å². The van der Waals surface area contributed by atoms with E-state index in [-0.39, 0.29) is 15.9 Å². The second-order valence-electron chi connectivity index (χ2n) is 6.94. The van der Waals surface area contributed by atoms with Gasteiger partial charge >= 0.3 is 0 Å². The quantitative estimate of drug-likeness (QED) is 0.795. The average molecular weight is 385 g/mol. The van der Waals surface area contributed by atoms with Crippen molar-refractivity contribution in [3.63, 3.8) is 0 Å². The normalized spacial score (nSPS) is 15.9. The Kier molecular flexibility index (Phi) is 5.40. The van der Waals surface area contributed by atoms with Gasteiger partial charge in [-0.15, -0.1) is 0 Å². The summed E-state index contributed by atoms with van der Waals surface area (Å²) in [7, 11) is -2.18.